The summed E-state index contributed by atoms with van der Waals surface area (Å²) in [5, 5.41) is 15.9. The maximum absolute atomic E-state index is 13.7. The fourth-order valence-corrected chi connectivity index (χ4v) is 6.36. The number of likely N-dealkylation sites (tertiary alicyclic amines) is 1. The number of carbonyl (C=O) groups is 1. The molecule has 1 fully saturated rings. The highest BCUT2D eigenvalue weighted by Crippen LogP contribution is 2.38. The van der Waals surface area contributed by atoms with Crippen molar-refractivity contribution in [1.82, 2.24) is 30.1 Å². The Labute approximate surface area is 240 Å². The molecule has 218 valence electrons. The van der Waals surface area contributed by atoms with Gasteiger partial charge in [-0.25, -0.2) is 9.37 Å². The third-order valence-electron chi connectivity index (χ3n) is 8.61. The third-order valence-corrected chi connectivity index (χ3v) is 8.61. The molecule has 41 heavy (non-hydrogen) atoms. The van der Waals surface area contributed by atoms with Crippen LogP contribution in [0.1, 0.15) is 63.8 Å². The van der Waals surface area contributed by atoms with Crippen molar-refractivity contribution in [3.63, 3.8) is 0 Å². The highest BCUT2D eigenvalue weighted by atomic mass is 19.1. The molecule has 2 aromatic heterocycles. The van der Waals surface area contributed by atoms with Crippen LogP contribution in [0.15, 0.2) is 55.1 Å². The normalized spacial score (nSPS) is 20.1. The molecule has 1 aliphatic rings. The Kier molecular flexibility index (Phi) is 7.24. The van der Waals surface area contributed by atoms with Gasteiger partial charge >= 0.3 is 0 Å². The van der Waals surface area contributed by atoms with Crippen LogP contribution in [0.3, 0.4) is 0 Å². The van der Waals surface area contributed by atoms with Crippen molar-refractivity contribution >= 4 is 33.5 Å². The highest BCUT2D eigenvalue weighted by Gasteiger charge is 2.48. The first-order valence-corrected chi connectivity index (χ1v) is 14.1. The van der Waals surface area contributed by atoms with E-state index in [-0.39, 0.29) is 17.3 Å². The van der Waals surface area contributed by atoms with Crippen molar-refractivity contribution in [2.75, 3.05) is 20.1 Å². The number of carbonyl (C=O) groups excluding carboxylic acids is 1. The summed E-state index contributed by atoms with van der Waals surface area (Å²) in [6, 6.07) is 13.4. The number of halogens is 1. The van der Waals surface area contributed by atoms with E-state index in [2.05, 4.69) is 33.7 Å². The molecule has 4 aromatic rings. The maximum atomic E-state index is 13.7. The van der Waals surface area contributed by atoms with Crippen LogP contribution >= 0.6 is 0 Å². The van der Waals surface area contributed by atoms with Crippen LogP contribution < -0.4 is 5.32 Å². The first-order valence-electron chi connectivity index (χ1n) is 14.1. The molecule has 1 saturated heterocycles. The Balaban J connectivity index is 1.36. The lowest BCUT2D eigenvalue weighted by molar-refractivity contribution is -0.137. The fourth-order valence-electron chi connectivity index (χ4n) is 6.36. The molecule has 1 aliphatic heterocycles. The van der Waals surface area contributed by atoms with Crippen LogP contribution in [-0.2, 0) is 0 Å². The van der Waals surface area contributed by atoms with Gasteiger partial charge in [-0.3, -0.25) is 9.69 Å². The van der Waals surface area contributed by atoms with Gasteiger partial charge in [0.25, 0.3) is 5.91 Å². The highest BCUT2D eigenvalue weighted by molar-refractivity contribution is 5.98. The number of nitrogens with zero attached hydrogens (tertiary/aromatic N) is 3. The standard InChI is InChI=1S/C32H41FN6O2/c1-20(27-35-23-11-8-9-12-24(23)36-27)39-16-10-15-31(39,5)19-38(7)32(6,41)29(30(2,3)4)37-28(40)26-17-21-13-14-22(33)18-25(21)34-26/h8-9,11-14,17-18,29,34,41H,1,10,15-16,19H2,2-7H3,(H,35,36)(H,37,40)/t29-,31-,32?/m0/s1. The molecule has 5 rings (SSSR count). The number of nitrogens with one attached hydrogen (secondary N) is 3. The maximum Gasteiger partial charge on any atom is 0.268 e. The second-order valence-corrected chi connectivity index (χ2v) is 12.9. The molecular weight excluding hydrogens is 519 g/mol. The first kappa shape index (κ1) is 28.8. The molecule has 0 saturated carbocycles. The van der Waals surface area contributed by atoms with E-state index < -0.39 is 17.2 Å². The predicted molar refractivity (Wildman–Crippen MR) is 162 cm³/mol. The number of aromatic amines is 2. The Hall–Kier alpha value is -3.69. The van der Waals surface area contributed by atoms with Gasteiger partial charge in [0.2, 0.25) is 0 Å². The number of H-pyrrole nitrogens is 2. The largest absolute Gasteiger partial charge is 0.374 e. The van der Waals surface area contributed by atoms with Crippen LogP contribution in [0.4, 0.5) is 4.39 Å². The molecule has 4 N–H and O–H groups in total. The van der Waals surface area contributed by atoms with Crippen LogP contribution in [-0.4, -0.2) is 73.2 Å². The molecule has 3 heterocycles. The van der Waals surface area contributed by atoms with E-state index in [1.807, 2.05) is 57.0 Å². The lowest BCUT2D eigenvalue weighted by atomic mass is 9.79. The molecule has 1 unspecified atom stereocenters. The molecule has 2 aromatic carbocycles. The number of imidazole rings is 1. The number of hydrogen-bond acceptors (Lipinski definition) is 5. The van der Waals surface area contributed by atoms with Crippen molar-refractivity contribution in [3.05, 3.63) is 72.4 Å². The summed E-state index contributed by atoms with van der Waals surface area (Å²) in [5.74, 6) is 0.00912. The smallest absolute Gasteiger partial charge is 0.268 e. The number of aliphatic hydroxyl groups is 1. The monoisotopic (exact) mass is 560 g/mol. The molecule has 0 bridgehead atoms. The van der Waals surface area contributed by atoms with Gasteiger partial charge in [0.1, 0.15) is 17.2 Å². The second-order valence-electron chi connectivity index (χ2n) is 12.9. The lowest BCUT2D eigenvalue weighted by Gasteiger charge is -2.49. The Bertz CT molecular complexity index is 1570. The van der Waals surface area contributed by atoms with Crippen molar-refractivity contribution in [2.45, 2.75) is 64.8 Å². The van der Waals surface area contributed by atoms with E-state index in [1.165, 1.54) is 12.1 Å². The average Bonchev–Trinajstić information content (AvgIpc) is 3.61. The van der Waals surface area contributed by atoms with Gasteiger partial charge in [-0.15, -0.1) is 0 Å². The van der Waals surface area contributed by atoms with Gasteiger partial charge in [0, 0.05) is 24.0 Å². The van der Waals surface area contributed by atoms with Crippen LogP contribution in [0, 0.1) is 11.2 Å². The molecule has 0 radical (unpaired) electrons. The Morgan fingerprint density at radius 3 is 2.63 bits per heavy atom. The summed E-state index contributed by atoms with van der Waals surface area (Å²) < 4.78 is 13.7. The van der Waals surface area contributed by atoms with Gasteiger partial charge in [-0.05, 0) is 75.5 Å². The Morgan fingerprint density at radius 1 is 1.20 bits per heavy atom. The minimum atomic E-state index is -1.40. The quantitative estimate of drug-likeness (QED) is 0.214. The van der Waals surface area contributed by atoms with E-state index in [4.69, 9.17) is 4.98 Å². The Morgan fingerprint density at radius 2 is 1.93 bits per heavy atom. The minimum absolute atomic E-state index is 0.314. The molecule has 0 aliphatic carbocycles. The van der Waals surface area contributed by atoms with Crippen molar-refractivity contribution in [1.29, 1.82) is 0 Å². The number of benzene rings is 2. The van der Waals surface area contributed by atoms with Crippen molar-refractivity contribution < 1.29 is 14.3 Å². The summed E-state index contributed by atoms with van der Waals surface area (Å²) in [5.41, 5.74) is 1.35. The van der Waals surface area contributed by atoms with Gasteiger partial charge < -0.3 is 25.3 Å². The summed E-state index contributed by atoms with van der Waals surface area (Å²) in [6.07, 6.45) is 1.91. The zero-order valence-corrected chi connectivity index (χ0v) is 24.8. The van der Waals surface area contributed by atoms with Crippen molar-refractivity contribution in [3.8, 4) is 0 Å². The number of aromatic nitrogens is 3. The van der Waals surface area contributed by atoms with E-state index in [0.717, 1.165) is 47.3 Å². The van der Waals surface area contributed by atoms with Crippen LogP contribution in [0.25, 0.3) is 27.6 Å². The SMILES string of the molecule is C=C(c1nc2ccccc2[nH]1)N1CCC[C@@]1(C)CN(C)C(C)(O)[C@@H](NC(=O)c1cc2ccc(F)cc2[nH]1)C(C)(C)C. The average molecular weight is 561 g/mol. The molecule has 0 spiro atoms. The molecule has 9 heteroatoms. The number of para-hydroxylation sites is 2. The van der Waals surface area contributed by atoms with E-state index in [1.54, 1.807) is 19.1 Å². The van der Waals surface area contributed by atoms with E-state index >= 15 is 0 Å². The first-order chi connectivity index (χ1) is 19.2. The summed E-state index contributed by atoms with van der Waals surface area (Å²) in [6.45, 7) is 15.7. The molecule has 8 nitrogen and oxygen atoms in total. The summed E-state index contributed by atoms with van der Waals surface area (Å²) in [7, 11) is 1.89. The number of fused-ring (bicyclic) bond motifs is 2. The van der Waals surface area contributed by atoms with E-state index in [9.17, 15) is 14.3 Å². The zero-order valence-electron chi connectivity index (χ0n) is 24.8. The number of rotatable bonds is 8. The number of amides is 1. The summed E-state index contributed by atoms with van der Waals surface area (Å²) >= 11 is 0. The second kappa shape index (κ2) is 10.3. The summed E-state index contributed by atoms with van der Waals surface area (Å²) in [4.78, 5) is 28.8. The van der Waals surface area contributed by atoms with Crippen molar-refractivity contribution in [2.24, 2.45) is 5.41 Å². The van der Waals surface area contributed by atoms with Gasteiger partial charge in [-0.2, -0.15) is 0 Å². The van der Waals surface area contributed by atoms with Gasteiger partial charge in [-0.1, -0.05) is 39.5 Å². The molecule has 3 atom stereocenters. The van der Waals surface area contributed by atoms with Crippen LogP contribution in [0.5, 0.6) is 0 Å². The number of likely N-dealkylation sites (N-methyl/N-ethyl adjacent to an activating group) is 1. The van der Waals surface area contributed by atoms with Gasteiger partial charge in [0.15, 0.2) is 5.82 Å². The van der Waals surface area contributed by atoms with Crippen LogP contribution in [0.2, 0.25) is 0 Å². The molecule has 1 amide bonds. The number of hydrogen-bond donors (Lipinski definition) is 4. The fraction of sp³-hybridized carbons (Fsp3) is 0.438. The van der Waals surface area contributed by atoms with E-state index in [0.29, 0.717) is 17.8 Å². The topological polar surface area (TPSA) is 100 Å². The van der Waals surface area contributed by atoms with Gasteiger partial charge in [0.05, 0.1) is 28.3 Å². The molecular formula is C32H41FN6O2. The predicted octanol–water partition coefficient (Wildman–Crippen LogP) is 5.49. The zero-order chi connectivity index (χ0) is 29.7. The minimum Gasteiger partial charge on any atom is -0.374 e. The lowest BCUT2D eigenvalue weighted by Crippen LogP contribution is -2.66. The third kappa shape index (κ3) is 5.48.